The number of rotatable bonds is 3. The zero-order valence-electron chi connectivity index (χ0n) is 11.9. The quantitative estimate of drug-likeness (QED) is 0.929. The largest absolute Gasteiger partial charge is 0.326 e. The smallest absolute Gasteiger partial charge is 0.306 e. The van der Waals surface area contributed by atoms with Crippen LogP contribution in [0.15, 0.2) is 29.1 Å². The van der Waals surface area contributed by atoms with Crippen LogP contribution in [0.2, 0.25) is 0 Å². The van der Waals surface area contributed by atoms with Gasteiger partial charge in [0.15, 0.2) is 0 Å². The fraction of sp³-hybridized carbons (Fsp3) is 0.500. The molecule has 0 saturated carbocycles. The van der Waals surface area contributed by atoms with Gasteiger partial charge in [0.05, 0.1) is 16.8 Å². The van der Waals surface area contributed by atoms with Crippen LogP contribution >= 0.6 is 0 Å². The molecule has 1 fully saturated rings. The Labute approximate surface area is 123 Å². The maximum Gasteiger partial charge on any atom is 0.326 e. The second kappa shape index (κ2) is 5.31. The first-order valence-electron chi connectivity index (χ1n) is 7.20. The number of H-pyrrole nitrogens is 1. The minimum Gasteiger partial charge on any atom is -0.306 e. The van der Waals surface area contributed by atoms with Crippen LogP contribution in [0.3, 0.4) is 0 Å². The van der Waals surface area contributed by atoms with Crippen LogP contribution < -0.4 is 5.69 Å². The van der Waals surface area contributed by atoms with Crippen molar-refractivity contribution >= 4 is 21.1 Å². The highest BCUT2D eigenvalue weighted by Crippen LogP contribution is 2.26. The molecular weight excluding hydrogens is 290 g/mol. The fourth-order valence-electron chi connectivity index (χ4n) is 3.00. The number of para-hydroxylation sites is 2. The number of hydrogen-bond donors (Lipinski definition) is 1. The van der Waals surface area contributed by atoms with Crippen LogP contribution in [0, 0.1) is 0 Å². The molecule has 1 aliphatic rings. The molecule has 21 heavy (non-hydrogen) atoms. The molecule has 1 saturated heterocycles. The Balaban J connectivity index is 1.87. The summed E-state index contributed by atoms with van der Waals surface area (Å²) in [5.74, 6) is 0.130. The van der Waals surface area contributed by atoms with Crippen LogP contribution in [0.25, 0.3) is 11.0 Å². The van der Waals surface area contributed by atoms with Crippen molar-refractivity contribution in [2.75, 3.05) is 18.8 Å². The Bertz CT molecular complexity index is 798. The number of imidazole rings is 1. The minimum absolute atomic E-state index is 0.0527. The lowest BCUT2D eigenvalue weighted by atomic mass is 10.1. The summed E-state index contributed by atoms with van der Waals surface area (Å²) in [6.07, 6.45) is 1.34. The molecule has 0 amide bonds. The van der Waals surface area contributed by atoms with Gasteiger partial charge in [-0.15, -0.1) is 0 Å². The van der Waals surface area contributed by atoms with Crippen LogP contribution in [0.1, 0.15) is 25.8 Å². The summed E-state index contributed by atoms with van der Waals surface area (Å²) in [5, 5.41) is 0. The molecule has 6 nitrogen and oxygen atoms in total. The number of piperidine rings is 1. The van der Waals surface area contributed by atoms with Gasteiger partial charge in [0.1, 0.15) is 0 Å². The zero-order valence-corrected chi connectivity index (χ0v) is 12.8. The molecule has 1 aromatic carbocycles. The van der Waals surface area contributed by atoms with Crippen molar-refractivity contribution in [1.82, 2.24) is 13.9 Å². The summed E-state index contributed by atoms with van der Waals surface area (Å²) in [4.78, 5) is 15.0. The summed E-state index contributed by atoms with van der Waals surface area (Å²) in [6.45, 7) is 2.62. The third-order valence-corrected chi connectivity index (χ3v) is 6.05. The number of nitrogens with one attached hydrogen (secondary N) is 1. The molecule has 0 unspecified atom stereocenters. The Morgan fingerprint density at radius 3 is 2.57 bits per heavy atom. The molecule has 1 aliphatic heterocycles. The molecule has 114 valence electrons. The van der Waals surface area contributed by atoms with Crippen LogP contribution in [0.4, 0.5) is 0 Å². The van der Waals surface area contributed by atoms with E-state index < -0.39 is 10.0 Å². The van der Waals surface area contributed by atoms with E-state index in [0.717, 1.165) is 11.0 Å². The van der Waals surface area contributed by atoms with Crippen molar-refractivity contribution < 1.29 is 8.42 Å². The van der Waals surface area contributed by atoms with Crippen molar-refractivity contribution in [2.24, 2.45) is 0 Å². The number of hydrogen-bond acceptors (Lipinski definition) is 3. The lowest BCUT2D eigenvalue weighted by Crippen LogP contribution is -2.41. The highest BCUT2D eigenvalue weighted by Gasteiger charge is 2.28. The molecule has 0 spiro atoms. The molecule has 0 aliphatic carbocycles. The van der Waals surface area contributed by atoms with Gasteiger partial charge < -0.3 is 4.98 Å². The van der Waals surface area contributed by atoms with Crippen molar-refractivity contribution in [2.45, 2.75) is 25.8 Å². The van der Waals surface area contributed by atoms with E-state index in [-0.39, 0.29) is 17.5 Å². The van der Waals surface area contributed by atoms with Gasteiger partial charge in [0.25, 0.3) is 0 Å². The molecule has 1 aromatic heterocycles. The summed E-state index contributed by atoms with van der Waals surface area (Å²) in [7, 11) is -3.13. The highest BCUT2D eigenvalue weighted by atomic mass is 32.2. The van der Waals surface area contributed by atoms with Gasteiger partial charge in [0.2, 0.25) is 10.0 Å². The van der Waals surface area contributed by atoms with Gasteiger partial charge in [-0.3, -0.25) is 4.57 Å². The summed E-state index contributed by atoms with van der Waals surface area (Å²) >= 11 is 0. The SMILES string of the molecule is CCS(=O)(=O)N1CCC(n2c(=O)[nH]c3ccccc32)CC1. The molecule has 0 bridgehead atoms. The van der Waals surface area contributed by atoms with E-state index >= 15 is 0 Å². The van der Waals surface area contributed by atoms with Crippen molar-refractivity contribution in [3.63, 3.8) is 0 Å². The third-order valence-electron chi connectivity index (χ3n) is 4.17. The summed E-state index contributed by atoms with van der Waals surface area (Å²) in [6, 6.07) is 7.64. The Hall–Kier alpha value is -1.60. The molecule has 3 rings (SSSR count). The van der Waals surface area contributed by atoms with Crippen molar-refractivity contribution in [1.29, 1.82) is 0 Å². The highest BCUT2D eigenvalue weighted by molar-refractivity contribution is 7.89. The summed E-state index contributed by atoms with van der Waals surface area (Å²) < 4.78 is 27.1. The molecule has 1 N–H and O–H groups in total. The fourth-order valence-corrected chi connectivity index (χ4v) is 4.13. The van der Waals surface area contributed by atoms with Gasteiger partial charge in [-0.1, -0.05) is 12.1 Å². The normalized spacial score (nSPS) is 18.3. The van der Waals surface area contributed by atoms with E-state index in [4.69, 9.17) is 0 Å². The standard InChI is InChI=1S/C14H19N3O3S/c1-2-21(19,20)16-9-7-11(8-10-16)17-13-6-4-3-5-12(13)15-14(17)18/h3-6,11H,2,7-10H2,1H3,(H,15,18). The van der Waals surface area contributed by atoms with E-state index in [1.54, 1.807) is 11.5 Å². The third kappa shape index (κ3) is 2.51. The van der Waals surface area contributed by atoms with E-state index in [1.807, 2.05) is 24.3 Å². The van der Waals surface area contributed by atoms with E-state index in [2.05, 4.69) is 4.98 Å². The second-order valence-electron chi connectivity index (χ2n) is 5.35. The van der Waals surface area contributed by atoms with Crippen molar-refractivity contribution in [3.05, 3.63) is 34.7 Å². The number of aromatic nitrogens is 2. The number of benzene rings is 1. The van der Waals surface area contributed by atoms with Gasteiger partial charge in [-0.25, -0.2) is 17.5 Å². The molecule has 0 radical (unpaired) electrons. The first-order chi connectivity index (χ1) is 10.0. The Kier molecular flexibility index (Phi) is 3.62. The molecule has 2 aromatic rings. The molecule has 0 atom stereocenters. The topological polar surface area (TPSA) is 75.2 Å². The predicted octanol–water partition coefficient (Wildman–Crippen LogP) is 1.32. The molecule has 2 heterocycles. The first-order valence-corrected chi connectivity index (χ1v) is 8.81. The van der Waals surface area contributed by atoms with E-state index in [9.17, 15) is 13.2 Å². The maximum atomic E-state index is 12.1. The number of sulfonamides is 1. The van der Waals surface area contributed by atoms with Gasteiger partial charge in [-0.05, 0) is 31.9 Å². The van der Waals surface area contributed by atoms with Gasteiger partial charge in [-0.2, -0.15) is 0 Å². The van der Waals surface area contributed by atoms with Gasteiger partial charge in [0, 0.05) is 19.1 Å². The predicted molar refractivity (Wildman–Crippen MR) is 81.9 cm³/mol. The molecular formula is C14H19N3O3S. The monoisotopic (exact) mass is 309 g/mol. The van der Waals surface area contributed by atoms with Crippen LogP contribution in [0.5, 0.6) is 0 Å². The van der Waals surface area contributed by atoms with Crippen LogP contribution in [-0.2, 0) is 10.0 Å². The van der Waals surface area contributed by atoms with Crippen LogP contribution in [-0.4, -0.2) is 41.1 Å². The first kappa shape index (κ1) is 14.3. The van der Waals surface area contributed by atoms with E-state index in [1.165, 1.54) is 4.31 Å². The zero-order chi connectivity index (χ0) is 15.0. The average molecular weight is 309 g/mol. The maximum absolute atomic E-state index is 12.1. The molecule has 7 heteroatoms. The lowest BCUT2D eigenvalue weighted by molar-refractivity contribution is 0.274. The Morgan fingerprint density at radius 2 is 1.90 bits per heavy atom. The number of fused-ring (bicyclic) bond motifs is 1. The summed E-state index contributed by atoms with van der Waals surface area (Å²) in [5.41, 5.74) is 1.60. The number of aromatic amines is 1. The van der Waals surface area contributed by atoms with Gasteiger partial charge >= 0.3 is 5.69 Å². The Morgan fingerprint density at radius 1 is 1.24 bits per heavy atom. The van der Waals surface area contributed by atoms with E-state index in [0.29, 0.717) is 25.9 Å². The van der Waals surface area contributed by atoms with Crippen molar-refractivity contribution in [3.8, 4) is 0 Å². The lowest BCUT2D eigenvalue weighted by Gasteiger charge is -2.31. The minimum atomic E-state index is -3.13. The average Bonchev–Trinajstić information content (AvgIpc) is 2.83. The number of nitrogens with zero attached hydrogens (tertiary/aromatic N) is 2. The second-order valence-corrected chi connectivity index (χ2v) is 7.61.